The van der Waals surface area contributed by atoms with Crippen molar-refractivity contribution in [2.75, 3.05) is 7.11 Å². The number of hydrogen-bond donors (Lipinski definition) is 1. The Morgan fingerprint density at radius 2 is 2.00 bits per heavy atom. The Morgan fingerprint density at radius 1 is 1.30 bits per heavy atom. The second kappa shape index (κ2) is 8.74. The molecule has 0 aliphatic carbocycles. The van der Waals surface area contributed by atoms with Crippen LogP contribution >= 0.6 is 0 Å². The number of amides is 1. The summed E-state index contributed by atoms with van der Waals surface area (Å²) in [5.74, 6) is -0.319. The van der Waals surface area contributed by atoms with Gasteiger partial charge in [-0.15, -0.1) is 0 Å². The molecule has 0 radical (unpaired) electrons. The summed E-state index contributed by atoms with van der Waals surface area (Å²) in [4.78, 5) is 22.4. The molecule has 0 unspecified atom stereocenters. The molecule has 1 rings (SSSR count). The Morgan fingerprint density at radius 3 is 2.65 bits per heavy atom. The molecule has 0 aromatic heterocycles. The standard InChI is InChI=1S/C15H19NO4/c1-12(7-6-10-14(17)19-2)16-15(18)20-11-13-8-4-3-5-9-13/h3-9,12H,10-11H2,1-2H3,(H,16,18)/b7-6+/t12-/m1/s1. The van der Waals surface area contributed by atoms with Crippen molar-refractivity contribution in [3.8, 4) is 0 Å². The number of esters is 1. The number of benzene rings is 1. The van der Waals surface area contributed by atoms with Gasteiger partial charge >= 0.3 is 12.1 Å². The molecule has 1 aromatic carbocycles. The summed E-state index contributed by atoms with van der Waals surface area (Å²) in [6, 6.07) is 9.21. The Hall–Kier alpha value is -2.30. The summed E-state index contributed by atoms with van der Waals surface area (Å²) >= 11 is 0. The summed E-state index contributed by atoms with van der Waals surface area (Å²) < 4.78 is 9.57. The van der Waals surface area contributed by atoms with Gasteiger partial charge in [0.1, 0.15) is 6.61 Å². The molecule has 0 heterocycles. The van der Waals surface area contributed by atoms with Crippen LogP contribution in [0.5, 0.6) is 0 Å². The van der Waals surface area contributed by atoms with E-state index in [1.807, 2.05) is 30.3 Å². The van der Waals surface area contributed by atoms with Crippen molar-refractivity contribution in [3.05, 3.63) is 48.0 Å². The van der Waals surface area contributed by atoms with Crippen LogP contribution in [0.3, 0.4) is 0 Å². The summed E-state index contributed by atoms with van der Waals surface area (Å²) in [6.07, 6.45) is 3.04. The van der Waals surface area contributed by atoms with Crippen LogP contribution in [0.25, 0.3) is 0 Å². The van der Waals surface area contributed by atoms with Crippen LogP contribution in [0.2, 0.25) is 0 Å². The molecule has 0 aliphatic heterocycles. The maximum atomic E-state index is 11.5. The second-order valence-electron chi connectivity index (χ2n) is 4.20. The molecule has 0 saturated carbocycles. The monoisotopic (exact) mass is 277 g/mol. The first-order valence-corrected chi connectivity index (χ1v) is 6.32. The third-order valence-electron chi connectivity index (χ3n) is 2.50. The predicted octanol–water partition coefficient (Wildman–Crippen LogP) is 2.42. The largest absolute Gasteiger partial charge is 0.469 e. The van der Waals surface area contributed by atoms with E-state index in [1.54, 1.807) is 19.1 Å². The average molecular weight is 277 g/mol. The van der Waals surface area contributed by atoms with Gasteiger partial charge in [-0.25, -0.2) is 4.79 Å². The van der Waals surface area contributed by atoms with Gasteiger partial charge < -0.3 is 14.8 Å². The van der Waals surface area contributed by atoms with Crippen molar-refractivity contribution in [2.24, 2.45) is 0 Å². The molecule has 1 atom stereocenters. The van der Waals surface area contributed by atoms with Crippen LogP contribution in [-0.4, -0.2) is 25.2 Å². The lowest BCUT2D eigenvalue weighted by Gasteiger charge is -2.10. The minimum Gasteiger partial charge on any atom is -0.469 e. The van der Waals surface area contributed by atoms with Crippen LogP contribution in [-0.2, 0) is 20.9 Å². The van der Waals surface area contributed by atoms with Crippen LogP contribution in [0.1, 0.15) is 18.9 Å². The molecule has 0 spiro atoms. The van der Waals surface area contributed by atoms with Crippen LogP contribution in [0.4, 0.5) is 4.79 Å². The third kappa shape index (κ3) is 6.58. The third-order valence-corrected chi connectivity index (χ3v) is 2.50. The number of carbonyl (C=O) groups is 2. The molecule has 20 heavy (non-hydrogen) atoms. The fourth-order valence-electron chi connectivity index (χ4n) is 1.45. The van der Waals surface area contributed by atoms with E-state index < -0.39 is 6.09 Å². The number of methoxy groups -OCH3 is 1. The van der Waals surface area contributed by atoms with Crippen molar-refractivity contribution < 1.29 is 19.1 Å². The zero-order valence-electron chi connectivity index (χ0n) is 11.7. The molecule has 1 N–H and O–H groups in total. The predicted molar refractivity (Wildman–Crippen MR) is 75.0 cm³/mol. The number of carbonyl (C=O) groups excluding carboxylic acids is 2. The summed E-state index contributed by atoms with van der Waals surface area (Å²) in [7, 11) is 1.33. The van der Waals surface area contributed by atoms with E-state index in [2.05, 4.69) is 10.1 Å². The summed E-state index contributed by atoms with van der Waals surface area (Å²) in [6.45, 7) is 2.02. The first-order chi connectivity index (χ1) is 9.61. The van der Waals surface area contributed by atoms with Gasteiger partial charge in [0.2, 0.25) is 0 Å². The van der Waals surface area contributed by atoms with Gasteiger partial charge in [0.15, 0.2) is 0 Å². The fourth-order valence-corrected chi connectivity index (χ4v) is 1.45. The van der Waals surface area contributed by atoms with Crippen molar-refractivity contribution in [1.82, 2.24) is 5.32 Å². The number of hydrogen-bond acceptors (Lipinski definition) is 4. The van der Waals surface area contributed by atoms with E-state index in [0.29, 0.717) is 0 Å². The zero-order valence-corrected chi connectivity index (χ0v) is 11.7. The molecule has 0 saturated heterocycles. The number of rotatable bonds is 6. The molecule has 1 amide bonds. The molecule has 0 bridgehead atoms. The fraction of sp³-hybridized carbons (Fsp3) is 0.333. The lowest BCUT2D eigenvalue weighted by molar-refractivity contribution is -0.139. The second-order valence-corrected chi connectivity index (χ2v) is 4.20. The molecular formula is C15H19NO4. The van der Waals surface area contributed by atoms with Crippen LogP contribution in [0, 0.1) is 0 Å². The van der Waals surface area contributed by atoms with E-state index in [9.17, 15) is 9.59 Å². The highest BCUT2D eigenvalue weighted by Crippen LogP contribution is 2.01. The smallest absolute Gasteiger partial charge is 0.407 e. The molecular weight excluding hydrogens is 258 g/mol. The molecule has 5 nitrogen and oxygen atoms in total. The maximum Gasteiger partial charge on any atom is 0.407 e. The minimum atomic E-state index is -0.496. The number of ether oxygens (including phenoxy) is 2. The van der Waals surface area contributed by atoms with Crippen molar-refractivity contribution in [1.29, 1.82) is 0 Å². The SMILES string of the molecule is COC(=O)C/C=C/[C@@H](C)NC(=O)OCc1ccccc1. The van der Waals surface area contributed by atoms with Crippen molar-refractivity contribution in [2.45, 2.75) is 26.0 Å². The van der Waals surface area contributed by atoms with E-state index in [0.717, 1.165) is 5.56 Å². The van der Waals surface area contributed by atoms with E-state index >= 15 is 0 Å². The van der Waals surface area contributed by atoms with E-state index in [1.165, 1.54) is 7.11 Å². The lowest BCUT2D eigenvalue weighted by Crippen LogP contribution is -2.31. The normalized spacial score (nSPS) is 11.9. The van der Waals surface area contributed by atoms with Gasteiger partial charge in [-0.1, -0.05) is 42.5 Å². The van der Waals surface area contributed by atoms with Crippen LogP contribution in [0.15, 0.2) is 42.5 Å². The van der Waals surface area contributed by atoms with Crippen molar-refractivity contribution in [3.63, 3.8) is 0 Å². The van der Waals surface area contributed by atoms with Gasteiger partial charge in [-0.2, -0.15) is 0 Å². The van der Waals surface area contributed by atoms with E-state index in [-0.39, 0.29) is 25.0 Å². The minimum absolute atomic E-state index is 0.182. The highest BCUT2D eigenvalue weighted by atomic mass is 16.5. The van der Waals surface area contributed by atoms with E-state index in [4.69, 9.17) is 4.74 Å². The van der Waals surface area contributed by atoms with Gasteiger partial charge in [-0.05, 0) is 12.5 Å². The molecule has 1 aromatic rings. The van der Waals surface area contributed by atoms with Crippen LogP contribution < -0.4 is 5.32 Å². The van der Waals surface area contributed by atoms with Gasteiger partial charge in [0.05, 0.1) is 13.5 Å². The van der Waals surface area contributed by atoms with Gasteiger partial charge in [0.25, 0.3) is 0 Å². The summed E-state index contributed by atoms with van der Waals surface area (Å²) in [5, 5.41) is 2.64. The van der Waals surface area contributed by atoms with Gasteiger partial charge in [-0.3, -0.25) is 4.79 Å². The Kier molecular flexibility index (Phi) is 6.89. The molecule has 0 fully saturated rings. The highest BCUT2D eigenvalue weighted by molar-refractivity contribution is 5.71. The maximum absolute atomic E-state index is 11.5. The van der Waals surface area contributed by atoms with Gasteiger partial charge in [0, 0.05) is 6.04 Å². The Bertz CT molecular complexity index is 456. The first kappa shape index (κ1) is 15.8. The molecule has 5 heteroatoms. The first-order valence-electron chi connectivity index (χ1n) is 6.32. The number of nitrogens with one attached hydrogen (secondary N) is 1. The summed E-state index contributed by atoms with van der Waals surface area (Å²) in [5.41, 5.74) is 0.927. The number of alkyl carbamates (subject to hydrolysis) is 1. The topological polar surface area (TPSA) is 64.6 Å². The Labute approximate surface area is 118 Å². The van der Waals surface area contributed by atoms with Crippen molar-refractivity contribution >= 4 is 12.1 Å². The quantitative estimate of drug-likeness (QED) is 0.640. The average Bonchev–Trinajstić information content (AvgIpc) is 2.46. The molecule has 0 aliphatic rings. The zero-order chi connectivity index (χ0) is 14.8. The lowest BCUT2D eigenvalue weighted by atomic mass is 10.2. The highest BCUT2D eigenvalue weighted by Gasteiger charge is 2.05. The Balaban J connectivity index is 2.26. The molecule has 108 valence electrons.